The summed E-state index contributed by atoms with van der Waals surface area (Å²) < 4.78 is 161. The molecule has 2 N–H and O–H groups in total. The topological polar surface area (TPSA) is 318 Å². The maximum absolute atomic E-state index is 15.3. The summed E-state index contributed by atoms with van der Waals surface area (Å²) in [6.07, 6.45) is 8.62. The summed E-state index contributed by atoms with van der Waals surface area (Å²) in [6.45, 7) is 17.1. The molecule has 0 radical (unpaired) electrons. The third kappa shape index (κ3) is 25.0. The minimum absolute atomic E-state index is 0. The van der Waals surface area contributed by atoms with Gasteiger partial charge in [-0.25, -0.2) is 32.2 Å². The van der Waals surface area contributed by atoms with Crippen molar-refractivity contribution in [1.82, 2.24) is 63.8 Å². The van der Waals surface area contributed by atoms with Gasteiger partial charge in [0.15, 0.2) is 0 Å². The molecule has 7 heterocycles. The van der Waals surface area contributed by atoms with Gasteiger partial charge in [0, 0.05) is 97.3 Å². The summed E-state index contributed by atoms with van der Waals surface area (Å²) in [5.74, 6) is -3.73. The first-order chi connectivity index (χ1) is 63.6. The third-order valence-corrected chi connectivity index (χ3v) is 22.9. The van der Waals surface area contributed by atoms with E-state index >= 15 is 4.39 Å². The fraction of sp³-hybridized carbons (Fsp3) is 0.302. The smallest absolute Gasteiger partial charge is 0.461 e. The number of hydrogen-bond acceptors (Lipinski definition) is 22. The molecule has 14 aromatic rings. The van der Waals surface area contributed by atoms with Gasteiger partial charge in [0.25, 0.3) is 27.8 Å². The Hall–Kier alpha value is -10.8. The number of aryl methyl sites for hydroxylation is 1. The van der Waals surface area contributed by atoms with Crippen LogP contribution < -0.4 is 152 Å². The van der Waals surface area contributed by atoms with Crippen molar-refractivity contribution in [2.45, 2.75) is 152 Å². The van der Waals surface area contributed by atoms with Crippen LogP contribution in [0.2, 0.25) is 5.02 Å². The van der Waals surface area contributed by atoms with E-state index in [2.05, 4.69) is 57.6 Å². The Kier molecular flexibility index (Phi) is 34.8. The van der Waals surface area contributed by atoms with Crippen molar-refractivity contribution < 1.29 is 180 Å². The fourth-order valence-electron chi connectivity index (χ4n) is 15.0. The summed E-state index contributed by atoms with van der Waals surface area (Å²) in [5, 5.41) is 35.4. The maximum Gasteiger partial charge on any atom is 1.00 e. The Labute approximate surface area is 875 Å². The average Bonchev–Trinajstić information content (AvgIpc) is 0.729. The Bertz CT molecular complexity index is 7170. The number of aromatic nitrogens is 12. The molecular weight excluding hydrogens is 1880 g/mol. The first-order valence-corrected chi connectivity index (χ1v) is 43.1. The van der Waals surface area contributed by atoms with Crippen molar-refractivity contribution in [3.05, 3.63) is 289 Å². The molecule has 1 saturated heterocycles. The number of fused-ring (bicyclic) bond motifs is 4. The molecule has 1 aliphatic rings. The number of carbonyl (C=O) groups is 3. The van der Waals surface area contributed by atoms with E-state index in [1.807, 2.05) is 83.1 Å². The molecule has 712 valence electrons. The van der Waals surface area contributed by atoms with E-state index in [0.29, 0.717) is 70.2 Å². The van der Waals surface area contributed by atoms with Gasteiger partial charge in [-0.15, -0.1) is 0 Å². The number of benzene rings is 8. The minimum atomic E-state index is -5.47. The minimum Gasteiger partial charge on any atom is -0.461 e. The third-order valence-electron chi connectivity index (χ3n) is 22.5. The van der Waals surface area contributed by atoms with Gasteiger partial charge < -0.3 is 60.3 Å². The van der Waals surface area contributed by atoms with Crippen LogP contribution in [0.3, 0.4) is 0 Å². The quantitative estimate of drug-likeness (QED) is 0.0370. The summed E-state index contributed by atoms with van der Waals surface area (Å²) in [7, 11) is 3.61. The number of carbonyl (C=O) groups excluding carboxylic acids is 3. The molecule has 0 unspecified atom stereocenters. The van der Waals surface area contributed by atoms with Gasteiger partial charge in [-0.1, -0.05) is 148 Å². The van der Waals surface area contributed by atoms with Crippen molar-refractivity contribution in [2.24, 2.45) is 7.05 Å². The van der Waals surface area contributed by atoms with Gasteiger partial charge in [-0.3, -0.25) is 38.4 Å². The first kappa shape index (κ1) is 109. The molecule has 0 atom stereocenters. The molecular formula is C96H96B2ClF10K2N15O12. The van der Waals surface area contributed by atoms with E-state index in [4.69, 9.17) is 25.8 Å². The fourth-order valence-corrected chi connectivity index (χ4v) is 15.2. The van der Waals surface area contributed by atoms with Crippen LogP contribution in [-0.4, -0.2) is 134 Å². The zero-order valence-electron chi connectivity index (χ0n) is 79.3. The number of esters is 3. The Morgan fingerprint density at radius 2 is 0.754 bits per heavy atom. The normalized spacial score (nSPS) is 12.6. The number of halogens is 11. The van der Waals surface area contributed by atoms with Gasteiger partial charge in [0.2, 0.25) is 0 Å². The summed E-state index contributed by atoms with van der Waals surface area (Å²) in [4.78, 5) is 113. The molecule has 0 aliphatic carbocycles. The summed E-state index contributed by atoms with van der Waals surface area (Å²) >= 11 is 6.23. The Morgan fingerprint density at radius 1 is 0.428 bits per heavy atom. The molecule has 138 heavy (non-hydrogen) atoms. The molecule has 42 heteroatoms. The van der Waals surface area contributed by atoms with Gasteiger partial charge in [-0.05, 0) is 147 Å². The molecule has 0 saturated carbocycles. The van der Waals surface area contributed by atoms with Crippen LogP contribution in [-0.2, 0) is 83.7 Å². The van der Waals surface area contributed by atoms with Crippen LogP contribution >= 0.6 is 11.6 Å². The summed E-state index contributed by atoms with van der Waals surface area (Å²) in [5.41, 5.74) is -3.02. The SMILES string of the molecule is CC(=O)OCc1c(-n2ncc3cc(C(C)(C)C)cc(F)c3c2=O)cccc1[B-](F)(F)F.CC(=O)OCc1c(-n2ncc3cc(C(C)(C)C)cc(F)c3c2=O)cccc1[B-](F)(F)F.CC(=O)OCc1c(Cl)cccc1-n1ncc2cc(C(C)(C)C)cc(F)c2c1=O.CN1CCN(c2cnc(Nc3cc(-c4cccc(-n5ncc6cc(C(C)(C)C)cc(F)c6c5=O)c4CO)nn(C)c3=O)cn2)CC1.[K+].[K+]. The molecule has 8 aromatic carbocycles. The van der Waals surface area contributed by atoms with E-state index in [0.717, 1.165) is 90.6 Å². The number of ether oxygens (including phenoxy) is 3. The molecule has 1 aliphatic heterocycles. The monoisotopic (exact) mass is 1980 g/mol. The zero-order valence-corrected chi connectivity index (χ0v) is 86.3. The van der Waals surface area contributed by atoms with Crippen molar-refractivity contribution in [2.75, 3.05) is 43.4 Å². The molecule has 1 fully saturated rings. The Balaban J connectivity index is 0.000000193. The average molecular weight is 1980 g/mol. The number of aliphatic hydroxyl groups is 1. The number of hydrogen-bond donors (Lipinski definition) is 2. The van der Waals surface area contributed by atoms with Crippen LogP contribution in [0.1, 0.15) is 148 Å². The van der Waals surface area contributed by atoms with E-state index in [1.165, 1.54) is 79.8 Å². The summed E-state index contributed by atoms with van der Waals surface area (Å²) in [6, 6.07) is 29.9. The number of piperazine rings is 1. The molecule has 0 amide bonds. The van der Waals surface area contributed by atoms with Crippen LogP contribution in [0, 0.1) is 23.3 Å². The van der Waals surface area contributed by atoms with Crippen molar-refractivity contribution in [3.63, 3.8) is 0 Å². The predicted octanol–water partition coefficient (Wildman–Crippen LogP) is 9.79. The second-order valence-electron chi connectivity index (χ2n) is 36.6. The number of nitrogens with one attached hydrogen (secondary N) is 1. The second kappa shape index (κ2) is 43.9. The van der Waals surface area contributed by atoms with E-state index in [-0.39, 0.29) is 186 Å². The van der Waals surface area contributed by atoms with Crippen LogP contribution in [0.15, 0.2) is 189 Å². The molecule has 27 nitrogen and oxygen atoms in total. The van der Waals surface area contributed by atoms with Crippen molar-refractivity contribution >= 4 is 115 Å². The Morgan fingerprint density at radius 3 is 1.07 bits per heavy atom. The number of nitrogens with zero attached hydrogens (tertiary/aromatic N) is 14. The second-order valence-corrected chi connectivity index (χ2v) is 37.0. The van der Waals surface area contributed by atoms with Gasteiger partial charge in [0.05, 0.1) is 93.8 Å². The van der Waals surface area contributed by atoms with Crippen molar-refractivity contribution in [1.29, 1.82) is 0 Å². The van der Waals surface area contributed by atoms with Crippen LogP contribution in [0.25, 0.3) is 77.1 Å². The van der Waals surface area contributed by atoms with Crippen LogP contribution in [0.5, 0.6) is 0 Å². The molecule has 0 bridgehead atoms. The standard InChI is InChI=1S/C33H36FN9O3.2C21H20BF4N2O3.C21H20ClFN2O3.2K/c1-33(2,3)21-13-20-16-37-43(32(46)30(20)24(34)14-21)27-8-6-7-22(23(27)19-44)25-15-26(31(45)41(5)39-25)38-28-17-36-29(18-35-28)42-11-9-40(4)10-12-42;2*1-12(29)31-11-15-16(22(24,25)26)6-5-7-18(15)28-20(30)19-13(10-27-28)8-14(9-17(19)23)21(2,3)4;1-12(26)28-11-15-16(22)6-5-7-18(15)25-20(27)19-13(10-24-25)8-14(9-17(19)23)21(2,3)4;;/h6-8,13-18,44H,9-12,19H2,1-5H3,(H,35,38);2*5-10H,11H2,1-4H3;5-10H,11H2,1-4H3;;/q;2*-1;;2*+1. The van der Waals surface area contributed by atoms with Gasteiger partial charge >= 0.3 is 135 Å². The molecule has 15 rings (SSSR count). The number of aliphatic hydroxyl groups excluding tert-OH is 1. The zero-order chi connectivity index (χ0) is 99.7. The predicted molar refractivity (Wildman–Crippen MR) is 502 cm³/mol. The molecule has 0 spiro atoms. The van der Waals surface area contributed by atoms with E-state index < -0.39 is 125 Å². The van der Waals surface area contributed by atoms with E-state index in [9.17, 15) is 82.5 Å². The number of anilines is 3. The number of likely N-dealkylation sites (N-methyl/N-ethyl adjacent to an activating group) is 1. The molecule has 6 aromatic heterocycles. The first-order valence-electron chi connectivity index (χ1n) is 42.7. The maximum atomic E-state index is 15.3. The van der Waals surface area contributed by atoms with Gasteiger partial charge in [0.1, 0.15) is 60.4 Å². The number of rotatable bonds is 17. The van der Waals surface area contributed by atoms with Crippen molar-refractivity contribution in [3.8, 4) is 34.0 Å². The van der Waals surface area contributed by atoms with E-state index in [1.54, 1.807) is 79.1 Å². The van der Waals surface area contributed by atoms with Crippen LogP contribution in [0.4, 0.5) is 60.8 Å². The van der Waals surface area contributed by atoms with Gasteiger partial charge in [-0.2, -0.15) is 44.2 Å². The largest absolute Gasteiger partial charge is 1.00 e.